The standard InChI is InChI=1S/C13H24F3NO/c1-4-8-17-10-12(3,5-2)7-6-9-18-11-13(14,15)16/h5,17H,2,4,6-11H2,1,3H3. The number of hydrogen-bond acceptors (Lipinski definition) is 2. The highest BCUT2D eigenvalue weighted by atomic mass is 19.4. The van der Waals surface area contributed by atoms with Crippen molar-refractivity contribution in [3.8, 4) is 0 Å². The molecule has 0 spiro atoms. The van der Waals surface area contributed by atoms with Crippen LogP contribution in [0.2, 0.25) is 0 Å². The third-order valence-electron chi connectivity index (χ3n) is 2.75. The molecule has 0 radical (unpaired) electrons. The predicted octanol–water partition coefficient (Wildman–Crippen LogP) is 3.54. The quantitative estimate of drug-likeness (QED) is 0.483. The van der Waals surface area contributed by atoms with Crippen LogP contribution in [-0.2, 0) is 4.74 Å². The number of alkyl halides is 3. The average Bonchev–Trinajstić information content (AvgIpc) is 2.27. The van der Waals surface area contributed by atoms with E-state index >= 15 is 0 Å². The van der Waals surface area contributed by atoms with E-state index in [1.165, 1.54) is 0 Å². The van der Waals surface area contributed by atoms with Crippen molar-refractivity contribution in [2.45, 2.75) is 39.3 Å². The molecule has 2 nitrogen and oxygen atoms in total. The van der Waals surface area contributed by atoms with Gasteiger partial charge in [-0.1, -0.05) is 19.9 Å². The summed E-state index contributed by atoms with van der Waals surface area (Å²) in [4.78, 5) is 0. The molecule has 0 aromatic carbocycles. The summed E-state index contributed by atoms with van der Waals surface area (Å²) in [6, 6.07) is 0. The maximum absolute atomic E-state index is 11.8. The molecule has 0 saturated carbocycles. The molecule has 0 saturated heterocycles. The molecule has 0 fully saturated rings. The Balaban J connectivity index is 3.75. The molecule has 108 valence electrons. The number of ether oxygens (including phenoxy) is 1. The molecule has 0 rings (SSSR count). The van der Waals surface area contributed by atoms with Crippen molar-refractivity contribution in [2.24, 2.45) is 5.41 Å². The molecule has 1 unspecified atom stereocenters. The number of halogens is 3. The van der Waals surface area contributed by atoms with E-state index in [-0.39, 0.29) is 12.0 Å². The van der Waals surface area contributed by atoms with Crippen molar-refractivity contribution in [2.75, 3.05) is 26.3 Å². The van der Waals surface area contributed by atoms with Crippen molar-refractivity contribution >= 4 is 0 Å². The van der Waals surface area contributed by atoms with Gasteiger partial charge in [0.2, 0.25) is 0 Å². The molecule has 1 atom stereocenters. The van der Waals surface area contributed by atoms with Gasteiger partial charge in [-0.25, -0.2) is 0 Å². The number of hydrogen-bond donors (Lipinski definition) is 1. The Bertz CT molecular complexity index is 231. The first-order chi connectivity index (χ1) is 8.33. The zero-order valence-corrected chi connectivity index (χ0v) is 11.3. The summed E-state index contributed by atoms with van der Waals surface area (Å²) in [5.74, 6) is 0. The van der Waals surface area contributed by atoms with Crippen LogP contribution in [0.25, 0.3) is 0 Å². The van der Waals surface area contributed by atoms with Gasteiger partial charge >= 0.3 is 6.18 Å². The van der Waals surface area contributed by atoms with E-state index in [4.69, 9.17) is 0 Å². The predicted molar refractivity (Wildman–Crippen MR) is 67.6 cm³/mol. The molecule has 0 aromatic heterocycles. The highest BCUT2D eigenvalue weighted by molar-refractivity contribution is 4.92. The van der Waals surface area contributed by atoms with Crippen LogP contribution >= 0.6 is 0 Å². The highest BCUT2D eigenvalue weighted by Gasteiger charge is 2.27. The van der Waals surface area contributed by atoms with Crippen LogP contribution in [0.5, 0.6) is 0 Å². The van der Waals surface area contributed by atoms with Gasteiger partial charge in [0.05, 0.1) is 0 Å². The van der Waals surface area contributed by atoms with E-state index in [9.17, 15) is 13.2 Å². The lowest BCUT2D eigenvalue weighted by atomic mass is 9.85. The van der Waals surface area contributed by atoms with Crippen LogP contribution in [0.15, 0.2) is 12.7 Å². The first kappa shape index (κ1) is 17.4. The van der Waals surface area contributed by atoms with Gasteiger partial charge in [0, 0.05) is 13.2 Å². The average molecular weight is 267 g/mol. The SMILES string of the molecule is C=CC(C)(CCCOCC(F)(F)F)CNCCC. The Labute approximate surface area is 108 Å². The topological polar surface area (TPSA) is 21.3 Å². The molecule has 0 amide bonds. The second-order valence-corrected chi connectivity index (χ2v) is 4.81. The third kappa shape index (κ3) is 9.48. The van der Waals surface area contributed by atoms with Gasteiger partial charge in [-0.15, -0.1) is 6.58 Å². The summed E-state index contributed by atoms with van der Waals surface area (Å²) >= 11 is 0. The normalized spacial score (nSPS) is 15.4. The minimum atomic E-state index is -4.23. The fourth-order valence-electron chi connectivity index (χ4n) is 1.58. The molecular formula is C13H24F3NO. The molecule has 5 heteroatoms. The lowest BCUT2D eigenvalue weighted by Crippen LogP contribution is -2.31. The first-order valence-corrected chi connectivity index (χ1v) is 6.32. The lowest BCUT2D eigenvalue weighted by Gasteiger charge is -2.26. The fourth-order valence-corrected chi connectivity index (χ4v) is 1.58. The molecule has 18 heavy (non-hydrogen) atoms. The van der Waals surface area contributed by atoms with Gasteiger partial charge < -0.3 is 10.1 Å². The Morgan fingerprint density at radius 1 is 1.33 bits per heavy atom. The first-order valence-electron chi connectivity index (χ1n) is 6.32. The van der Waals surface area contributed by atoms with Gasteiger partial charge in [0.1, 0.15) is 6.61 Å². The maximum Gasteiger partial charge on any atom is 0.411 e. The molecular weight excluding hydrogens is 243 g/mol. The molecule has 0 aliphatic heterocycles. The smallest absolute Gasteiger partial charge is 0.372 e. The highest BCUT2D eigenvalue weighted by Crippen LogP contribution is 2.24. The minimum absolute atomic E-state index is 0.0865. The van der Waals surface area contributed by atoms with Gasteiger partial charge in [-0.3, -0.25) is 0 Å². The van der Waals surface area contributed by atoms with Crippen LogP contribution in [0.3, 0.4) is 0 Å². The van der Waals surface area contributed by atoms with E-state index in [2.05, 4.69) is 23.6 Å². The van der Waals surface area contributed by atoms with Gasteiger partial charge in [-0.2, -0.15) is 13.2 Å². The summed E-state index contributed by atoms with van der Waals surface area (Å²) in [5, 5.41) is 3.30. The monoisotopic (exact) mass is 267 g/mol. The number of nitrogens with one attached hydrogen (secondary N) is 1. The molecule has 0 bridgehead atoms. The fraction of sp³-hybridized carbons (Fsp3) is 0.846. The van der Waals surface area contributed by atoms with E-state index in [0.29, 0.717) is 6.42 Å². The van der Waals surface area contributed by atoms with E-state index < -0.39 is 12.8 Å². The second-order valence-electron chi connectivity index (χ2n) is 4.81. The zero-order chi connectivity index (χ0) is 14.1. The molecule has 0 aromatic rings. The Hall–Kier alpha value is -0.550. The Morgan fingerprint density at radius 3 is 2.50 bits per heavy atom. The summed E-state index contributed by atoms with van der Waals surface area (Å²) < 4.78 is 40.1. The van der Waals surface area contributed by atoms with Crippen LogP contribution in [0.4, 0.5) is 13.2 Å². The van der Waals surface area contributed by atoms with Crippen molar-refractivity contribution in [3.63, 3.8) is 0 Å². The molecule has 0 aliphatic rings. The Morgan fingerprint density at radius 2 is 2.00 bits per heavy atom. The maximum atomic E-state index is 11.8. The van der Waals surface area contributed by atoms with E-state index in [1.54, 1.807) is 0 Å². The van der Waals surface area contributed by atoms with Gasteiger partial charge in [0.15, 0.2) is 0 Å². The van der Waals surface area contributed by atoms with Crippen LogP contribution in [0, 0.1) is 5.41 Å². The Kier molecular flexibility index (Phi) is 8.27. The van der Waals surface area contributed by atoms with Crippen LogP contribution < -0.4 is 5.32 Å². The summed E-state index contributed by atoms with van der Waals surface area (Å²) in [7, 11) is 0. The van der Waals surface area contributed by atoms with Crippen LogP contribution in [0.1, 0.15) is 33.1 Å². The van der Waals surface area contributed by atoms with Gasteiger partial charge in [-0.05, 0) is 31.2 Å². The van der Waals surface area contributed by atoms with Crippen molar-refractivity contribution < 1.29 is 17.9 Å². The second kappa shape index (κ2) is 8.53. The molecule has 0 heterocycles. The largest absolute Gasteiger partial charge is 0.411 e. The van der Waals surface area contributed by atoms with E-state index in [0.717, 1.165) is 25.9 Å². The van der Waals surface area contributed by atoms with Crippen LogP contribution in [-0.4, -0.2) is 32.5 Å². The van der Waals surface area contributed by atoms with E-state index in [1.807, 2.05) is 13.0 Å². The molecule has 0 aliphatic carbocycles. The lowest BCUT2D eigenvalue weighted by molar-refractivity contribution is -0.174. The summed E-state index contributed by atoms with van der Waals surface area (Å²) in [5.41, 5.74) is -0.0865. The van der Waals surface area contributed by atoms with Crippen molar-refractivity contribution in [3.05, 3.63) is 12.7 Å². The van der Waals surface area contributed by atoms with Crippen molar-refractivity contribution in [1.82, 2.24) is 5.32 Å². The number of rotatable bonds is 10. The molecule has 1 N–H and O–H groups in total. The minimum Gasteiger partial charge on any atom is -0.372 e. The third-order valence-corrected chi connectivity index (χ3v) is 2.75. The van der Waals surface area contributed by atoms with Crippen molar-refractivity contribution in [1.29, 1.82) is 0 Å². The van der Waals surface area contributed by atoms with Gasteiger partial charge in [0.25, 0.3) is 0 Å². The zero-order valence-electron chi connectivity index (χ0n) is 11.3. The summed E-state index contributed by atoms with van der Waals surface area (Å²) in [6.45, 7) is 8.63. The summed E-state index contributed by atoms with van der Waals surface area (Å²) in [6.07, 6.45) is 0.0588.